The number of methoxy groups -OCH3 is 1. The van der Waals surface area contributed by atoms with E-state index in [0.29, 0.717) is 6.54 Å². The summed E-state index contributed by atoms with van der Waals surface area (Å²) < 4.78 is 11.2. The van der Waals surface area contributed by atoms with Crippen LogP contribution in [0, 0.1) is 0 Å². The summed E-state index contributed by atoms with van der Waals surface area (Å²) in [5.41, 5.74) is 0. The lowest BCUT2D eigenvalue weighted by Crippen LogP contribution is -2.39. The van der Waals surface area contributed by atoms with Gasteiger partial charge in [0.15, 0.2) is 5.96 Å². The fraction of sp³-hybridized carbons (Fsp3) is 0.682. The molecule has 8 heteroatoms. The van der Waals surface area contributed by atoms with Gasteiger partial charge in [0.05, 0.1) is 13.7 Å². The van der Waals surface area contributed by atoms with Gasteiger partial charge in [0.25, 0.3) is 0 Å². The van der Waals surface area contributed by atoms with Gasteiger partial charge >= 0.3 is 0 Å². The third-order valence-corrected chi connectivity index (χ3v) is 4.98. The zero-order valence-corrected chi connectivity index (χ0v) is 21.4. The topological polar surface area (TPSA) is 61.4 Å². The lowest BCUT2D eigenvalue weighted by Gasteiger charge is -2.20. The summed E-state index contributed by atoms with van der Waals surface area (Å²) in [6.07, 6.45) is 2.36. The van der Waals surface area contributed by atoms with Gasteiger partial charge in [-0.25, -0.2) is 4.99 Å². The van der Waals surface area contributed by atoms with E-state index in [4.69, 9.17) is 9.47 Å². The van der Waals surface area contributed by atoms with Gasteiger partial charge in [0.1, 0.15) is 17.6 Å². The molecule has 0 radical (unpaired) electrons. The molecule has 2 N–H and O–H groups in total. The molecule has 30 heavy (non-hydrogen) atoms. The SMILES string of the molecule is CCNC(=NCC(C)Oc1cccc(OC)c1)NCCCN1CCCN(C)CC1.I. The Labute approximate surface area is 199 Å². The van der Waals surface area contributed by atoms with Crippen LogP contribution in [0.15, 0.2) is 29.3 Å². The van der Waals surface area contributed by atoms with Crippen LogP contribution in [-0.2, 0) is 0 Å². The lowest BCUT2D eigenvalue weighted by molar-refractivity contribution is 0.229. The van der Waals surface area contributed by atoms with Crippen LogP contribution in [0.5, 0.6) is 11.5 Å². The summed E-state index contributed by atoms with van der Waals surface area (Å²) in [6.45, 7) is 12.4. The summed E-state index contributed by atoms with van der Waals surface area (Å²) >= 11 is 0. The molecule has 0 saturated carbocycles. The van der Waals surface area contributed by atoms with Gasteiger partial charge in [-0.3, -0.25) is 0 Å². The average Bonchev–Trinajstić information content (AvgIpc) is 2.93. The Balaban J connectivity index is 0.00000450. The quantitative estimate of drug-likeness (QED) is 0.209. The monoisotopic (exact) mass is 533 g/mol. The molecular formula is C22H40IN5O2. The number of ether oxygens (including phenoxy) is 2. The van der Waals surface area contributed by atoms with Gasteiger partial charge in [-0.1, -0.05) is 6.07 Å². The van der Waals surface area contributed by atoms with Gasteiger partial charge in [-0.05, 0) is 65.5 Å². The van der Waals surface area contributed by atoms with Crippen molar-refractivity contribution < 1.29 is 9.47 Å². The zero-order valence-electron chi connectivity index (χ0n) is 19.0. The number of aliphatic imine (C=N–C) groups is 1. The number of benzene rings is 1. The van der Waals surface area contributed by atoms with E-state index < -0.39 is 0 Å². The van der Waals surface area contributed by atoms with E-state index in [1.165, 1.54) is 32.6 Å². The number of rotatable bonds is 10. The predicted octanol–water partition coefficient (Wildman–Crippen LogP) is 2.66. The molecule has 7 nitrogen and oxygen atoms in total. The maximum atomic E-state index is 5.96. The van der Waals surface area contributed by atoms with Gasteiger partial charge in [-0.2, -0.15) is 0 Å². The second-order valence-electron chi connectivity index (χ2n) is 7.61. The first-order chi connectivity index (χ1) is 14.1. The van der Waals surface area contributed by atoms with Crippen LogP contribution >= 0.6 is 24.0 Å². The first kappa shape index (κ1) is 26.8. The highest BCUT2D eigenvalue weighted by Gasteiger charge is 2.11. The summed E-state index contributed by atoms with van der Waals surface area (Å²) in [7, 11) is 3.87. The second-order valence-corrected chi connectivity index (χ2v) is 7.61. The van der Waals surface area contributed by atoms with E-state index in [0.717, 1.165) is 43.5 Å². The normalized spacial score (nSPS) is 16.9. The van der Waals surface area contributed by atoms with Crippen molar-refractivity contribution in [3.63, 3.8) is 0 Å². The maximum absolute atomic E-state index is 5.96. The van der Waals surface area contributed by atoms with Crippen molar-refractivity contribution in [3.05, 3.63) is 24.3 Å². The number of hydrogen-bond donors (Lipinski definition) is 2. The van der Waals surface area contributed by atoms with Crippen LogP contribution in [0.1, 0.15) is 26.7 Å². The zero-order chi connectivity index (χ0) is 20.9. The minimum atomic E-state index is -0.0216. The number of guanidine groups is 1. The largest absolute Gasteiger partial charge is 0.497 e. The molecule has 0 aromatic heterocycles. The molecule has 0 amide bonds. The Morgan fingerprint density at radius 1 is 1.17 bits per heavy atom. The molecule has 1 saturated heterocycles. The number of nitrogens with zero attached hydrogens (tertiary/aromatic N) is 3. The fourth-order valence-electron chi connectivity index (χ4n) is 3.34. The van der Waals surface area contributed by atoms with Crippen molar-refractivity contribution in [3.8, 4) is 11.5 Å². The molecule has 2 rings (SSSR count). The van der Waals surface area contributed by atoms with Crippen molar-refractivity contribution in [2.24, 2.45) is 4.99 Å². The molecule has 1 aliphatic rings. The van der Waals surface area contributed by atoms with E-state index in [9.17, 15) is 0 Å². The van der Waals surface area contributed by atoms with E-state index in [1.54, 1.807) is 7.11 Å². The molecule has 0 spiro atoms. The minimum Gasteiger partial charge on any atom is -0.497 e. The van der Waals surface area contributed by atoms with Crippen molar-refractivity contribution in [1.82, 2.24) is 20.4 Å². The van der Waals surface area contributed by atoms with Crippen molar-refractivity contribution in [2.75, 3.05) is 66.5 Å². The Kier molecular flexibility index (Phi) is 13.9. The molecule has 1 aliphatic heterocycles. The van der Waals surface area contributed by atoms with Crippen LogP contribution in [-0.4, -0.2) is 88.4 Å². The highest BCUT2D eigenvalue weighted by molar-refractivity contribution is 14.0. The summed E-state index contributed by atoms with van der Waals surface area (Å²) in [6, 6.07) is 7.67. The van der Waals surface area contributed by atoms with Gasteiger partial charge in [0.2, 0.25) is 0 Å². The lowest BCUT2D eigenvalue weighted by atomic mass is 10.3. The molecular weight excluding hydrogens is 493 g/mol. The van der Waals surface area contributed by atoms with Crippen molar-refractivity contribution in [2.45, 2.75) is 32.8 Å². The smallest absolute Gasteiger partial charge is 0.191 e. The van der Waals surface area contributed by atoms with Crippen LogP contribution < -0.4 is 20.1 Å². The van der Waals surface area contributed by atoms with Crippen molar-refractivity contribution in [1.29, 1.82) is 0 Å². The number of nitrogens with one attached hydrogen (secondary N) is 2. The molecule has 172 valence electrons. The van der Waals surface area contributed by atoms with Gasteiger partial charge in [0, 0.05) is 32.2 Å². The molecule has 1 atom stereocenters. The number of hydrogen-bond acceptors (Lipinski definition) is 5. The standard InChI is InChI=1S/C22H39N5O2.HI/c1-5-23-22(24-11-7-13-27-14-8-12-26(3)15-16-27)25-18-19(2)29-21-10-6-9-20(17-21)28-4;/h6,9-10,17,19H,5,7-8,11-16,18H2,1-4H3,(H2,23,24,25);1H. The number of halogens is 1. The first-order valence-corrected chi connectivity index (χ1v) is 10.8. The molecule has 0 bridgehead atoms. The Bertz CT molecular complexity index is 617. The average molecular weight is 533 g/mol. The number of likely N-dealkylation sites (N-methyl/N-ethyl adjacent to an activating group) is 1. The third-order valence-electron chi connectivity index (χ3n) is 4.98. The molecule has 1 aromatic rings. The van der Waals surface area contributed by atoms with Crippen LogP contribution in [0.2, 0.25) is 0 Å². The molecule has 1 fully saturated rings. The molecule has 1 unspecified atom stereocenters. The van der Waals surface area contributed by atoms with E-state index in [-0.39, 0.29) is 30.1 Å². The highest BCUT2D eigenvalue weighted by atomic mass is 127. The van der Waals surface area contributed by atoms with E-state index >= 15 is 0 Å². The molecule has 1 aromatic carbocycles. The summed E-state index contributed by atoms with van der Waals surface area (Å²) in [5.74, 6) is 2.45. The Morgan fingerprint density at radius 3 is 2.73 bits per heavy atom. The van der Waals surface area contributed by atoms with Crippen LogP contribution in [0.3, 0.4) is 0 Å². The van der Waals surface area contributed by atoms with Crippen molar-refractivity contribution >= 4 is 29.9 Å². The fourth-order valence-corrected chi connectivity index (χ4v) is 3.34. The van der Waals surface area contributed by atoms with Crippen LogP contribution in [0.4, 0.5) is 0 Å². The van der Waals surface area contributed by atoms with E-state index in [1.807, 2.05) is 31.2 Å². The summed E-state index contributed by atoms with van der Waals surface area (Å²) in [5, 5.41) is 6.77. The van der Waals surface area contributed by atoms with E-state index in [2.05, 4.69) is 39.4 Å². The maximum Gasteiger partial charge on any atom is 0.191 e. The Hall–Kier alpha value is -1.26. The van der Waals surface area contributed by atoms with Gasteiger partial charge in [-0.15, -0.1) is 24.0 Å². The summed E-state index contributed by atoms with van der Waals surface area (Å²) in [4.78, 5) is 9.67. The predicted molar refractivity (Wildman–Crippen MR) is 136 cm³/mol. The van der Waals surface area contributed by atoms with Crippen LogP contribution in [0.25, 0.3) is 0 Å². The minimum absolute atomic E-state index is 0. The second kappa shape index (κ2) is 15.5. The third kappa shape index (κ3) is 10.7. The molecule has 0 aliphatic carbocycles. The van der Waals surface area contributed by atoms with Gasteiger partial charge < -0.3 is 29.9 Å². The first-order valence-electron chi connectivity index (χ1n) is 10.8. The Morgan fingerprint density at radius 2 is 1.97 bits per heavy atom. The molecule has 1 heterocycles. The highest BCUT2D eigenvalue weighted by Crippen LogP contribution is 2.19.